The van der Waals surface area contributed by atoms with Crippen LogP contribution in [-0.4, -0.2) is 36.8 Å². The topological polar surface area (TPSA) is 41.1 Å². The molecule has 0 saturated heterocycles. The Labute approximate surface area is 108 Å². The summed E-state index contributed by atoms with van der Waals surface area (Å²) in [5, 5.41) is 3.34. The van der Waals surface area contributed by atoms with E-state index in [2.05, 4.69) is 15.3 Å². The van der Waals surface area contributed by atoms with Crippen molar-refractivity contribution in [2.24, 2.45) is 0 Å². The Morgan fingerprint density at radius 1 is 1.21 bits per heavy atom. The normalized spacial score (nSPS) is 11.6. The molecule has 19 heavy (non-hydrogen) atoms. The summed E-state index contributed by atoms with van der Waals surface area (Å²) < 4.78 is 37.4. The predicted octanol–water partition coefficient (Wildman–Crippen LogP) is 2.67. The molecule has 0 amide bonds. The molecule has 4 nitrogen and oxygen atoms in total. The second kappa shape index (κ2) is 4.91. The molecule has 0 atom stereocenters. The zero-order chi connectivity index (χ0) is 14.0. The molecule has 0 fully saturated rings. The first-order valence-electron chi connectivity index (χ1n) is 5.63. The van der Waals surface area contributed by atoms with E-state index in [1.165, 1.54) is 7.05 Å². The van der Waals surface area contributed by atoms with Gasteiger partial charge in [-0.3, -0.25) is 0 Å². The Morgan fingerprint density at radius 3 is 2.53 bits per heavy atom. The van der Waals surface area contributed by atoms with Crippen LogP contribution in [0.2, 0.25) is 0 Å². The van der Waals surface area contributed by atoms with Crippen LogP contribution < -0.4 is 10.2 Å². The minimum atomic E-state index is -4.28. The molecule has 1 aromatic carbocycles. The van der Waals surface area contributed by atoms with Gasteiger partial charge in [0, 0.05) is 19.5 Å². The summed E-state index contributed by atoms with van der Waals surface area (Å²) in [5.41, 5.74) is 0.603. The molecule has 0 aliphatic heterocycles. The van der Waals surface area contributed by atoms with Gasteiger partial charge in [-0.15, -0.1) is 0 Å². The van der Waals surface area contributed by atoms with Crippen LogP contribution in [-0.2, 0) is 0 Å². The summed E-state index contributed by atoms with van der Waals surface area (Å²) in [7, 11) is 2.99. The number of halogens is 3. The molecular formula is C12H13F3N4. The lowest BCUT2D eigenvalue weighted by atomic mass is 10.2. The van der Waals surface area contributed by atoms with Gasteiger partial charge in [0.2, 0.25) is 5.95 Å². The van der Waals surface area contributed by atoms with Crippen LogP contribution in [0.3, 0.4) is 0 Å². The first-order chi connectivity index (χ1) is 8.90. The number of nitrogens with zero attached hydrogens (tertiary/aromatic N) is 3. The minimum absolute atomic E-state index is 0.257. The summed E-state index contributed by atoms with van der Waals surface area (Å²) in [6.45, 7) is -1.06. The van der Waals surface area contributed by atoms with E-state index < -0.39 is 12.7 Å². The SMILES string of the molecule is CNc1nc(N(C)CC(F)(F)F)c2ccccc2n1. The number of para-hydroxylation sites is 1. The van der Waals surface area contributed by atoms with Crippen molar-refractivity contribution >= 4 is 22.7 Å². The van der Waals surface area contributed by atoms with Crippen molar-refractivity contribution in [1.82, 2.24) is 9.97 Å². The molecule has 0 spiro atoms. The van der Waals surface area contributed by atoms with Crippen LogP contribution in [0.25, 0.3) is 10.9 Å². The van der Waals surface area contributed by atoms with Gasteiger partial charge in [-0.05, 0) is 12.1 Å². The number of rotatable bonds is 3. The molecule has 2 aromatic rings. The lowest BCUT2D eigenvalue weighted by molar-refractivity contribution is -0.119. The van der Waals surface area contributed by atoms with Crippen molar-refractivity contribution in [3.05, 3.63) is 24.3 Å². The molecular weight excluding hydrogens is 257 g/mol. The first-order valence-corrected chi connectivity index (χ1v) is 5.63. The van der Waals surface area contributed by atoms with Gasteiger partial charge in [-0.25, -0.2) is 4.98 Å². The van der Waals surface area contributed by atoms with Crippen molar-refractivity contribution in [3.63, 3.8) is 0 Å². The van der Waals surface area contributed by atoms with E-state index in [1.54, 1.807) is 31.3 Å². The molecule has 1 aromatic heterocycles. The van der Waals surface area contributed by atoms with Gasteiger partial charge in [-0.1, -0.05) is 12.1 Å². The molecule has 0 saturated carbocycles. The van der Waals surface area contributed by atoms with Crippen LogP contribution in [0.15, 0.2) is 24.3 Å². The Hall–Kier alpha value is -2.05. The lowest BCUT2D eigenvalue weighted by Gasteiger charge is -2.21. The summed E-state index contributed by atoms with van der Waals surface area (Å²) in [6.07, 6.45) is -4.28. The average molecular weight is 270 g/mol. The molecule has 0 bridgehead atoms. The summed E-state index contributed by atoms with van der Waals surface area (Å²) >= 11 is 0. The van der Waals surface area contributed by atoms with Crippen molar-refractivity contribution in [2.75, 3.05) is 30.9 Å². The van der Waals surface area contributed by atoms with E-state index in [4.69, 9.17) is 0 Å². The zero-order valence-corrected chi connectivity index (χ0v) is 10.5. The first kappa shape index (κ1) is 13.4. The molecule has 1 heterocycles. The van der Waals surface area contributed by atoms with Gasteiger partial charge in [-0.2, -0.15) is 18.2 Å². The molecule has 7 heteroatoms. The van der Waals surface area contributed by atoms with Crippen LogP contribution >= 0.6 is 0 Å². The number of benzene rings is 1. The standard InChI is InChI=1S/C12H13F3N4/c1-16-11-17-9-6-4-3-5-8(9)10(18-11)19(2)7-12(13,14)15/h3-6H,7H2,1-2H3,(H,16,17,18). The quantitative estimate of drug-likeness (QED) is 0.931. The molecule has 1 N–H and O–H groups in total. The van der Waals surface area contributed by atoms with E-state index in [0.717, 1.165) is 4.90 Å². The Bertz CT molecular complexity index is 583. The number of hydrogen-bond acceptors (Lipinski definition) is 4. The Kier molecular flexibility index (Phi) is 3.46. The number of nitrogens with one attached hydrogen (secondary N) is 1. The Morgan fingerprint density at radius 2 is 1.89 bits per heavy atom. The fourth-order valence-electron chi connectivity index (χ4n) is 1.81. The minimum Gasteiger partial charge on any atom is -0.357 e. The fourth-order valence-corrected chi connectivity index (χ4v) is 1.81. The third-order valence-electron chi connectivity index (χ3n) is 2.58. The van der Waals surface area contributed by atoms with Gasteiger partial charge in [0.05, 0.1) is 5.52 Å². The molecule has 0 aliphatic rings. The second-order valence-corrected chi connectivity index (χ2v) is 4.11. The molecule has 2 rings (SSSR count). The summed E-state index contributed by atoms with van der Waals surface area (Å²) in [4.78, 5) is 9.38. The summed E-state index contributed by atoms with van der Waals surface area (Å²) in [5.74, 6) is 0.551. The van der Waals surface area contributed by atoms with Crippen molar-refractivity contribution < 1.29 is 13.2 Å². The molecule has 0 radical (unpaired) electrons. The van der Waals surface area contributed by atoms with Gasteiger partial charge < -0.3 is 10.2 Å². The average Bonchev–Trinajstić information content (AvgIpc) is 2.35. The second-order valence-electron chi connectivity index (χ2n) is 4.11. The predicted molar refractivity (Wildman–Crippen MR) is 68.4 cm³/mol. The highest BCUT2D eigenvalue weighted by Crippen LogP contribution is 2.26. The van der Waals surface area contributed by atoms with Crippen LogP contribution in [0.5, 0.6) is 0 Å². The lowest BCUT2D eigenvalue weighted by Crippen LogP contribution is -2.31. The fraction of sp³-hybridized carbons (Fsp3) is 0.333. The van der Waals surface area contributed by atoms with Crippen molar-refractivity contribution in [1.29, 1.82) is 0 Å². The summed E-state index contributed by atoms with van der Waals surface area (Å²) in [6, 6.07) is 6.97. The third-order valence-corrected chi connectivity index (χ3v) is 2.58. The van der Waals surface area contributed by atoms with Crippen LogP contribution in [0, 0.1) is 0 Å². The van der Waals surface area contributed by atoms with Gasteiger partial charge in [0.1, 0.15) is 12.4 Å². The van der Waals surface area contributed by atoms with Crippen LogP contribution in [0.1, 0.15) is 0 Å². The number of hydrogen-bond donors (Lipinski definition) is 1. The number of fused-ring (bicyclic) bond motifs is 1. The van der Waals surface area contributed by atoms with Gasteiger partial charge in [0.25, 0.3) is 0 Å². The maximum atomic E-state index is 12.5. The maximum Gasteiger partial charge on any atom is 0.405 e. The maximum absolute atomic E-state index is 12.5. The number of aromatic nitrogens is 2. The highest BCUT2D eigenvalue weighted by molar-refractivity contribution is 5.90. The van der Waals surface area contributed by atoms with E-state index >= 15 is 0 Å². The number of anilines is 2. The van der Waals surface area contributed by atoms with E-state index in [9.17, 15) is 13.2 Å². The molecule has 0 aliphatic carbocycles. The van der Waals surface area contributed by atoms with E-state index in [-0.39, 0.29) is 5.82 Å². The Balaban J connectivity index is 2.51. The molecule has 0 unspecified atom stereocenters. The monoisotopic (exact) mass is 270 g/mol. The van der Waals surface area contributed by atoms with Crippen molar-refractivity contribution in [3.8, 4) is 0 Å². The third kappa shape index (κ3) is 3.04. The smallest absolute Gasteiger partial charge is 0.357 e. The highest BCUT2D eigenvalue weighted by atomic mass is 19.4. The van der Waals surface area contributed by atoms with E-state index in [1.807, 2.05) is 0 Å². The highest BCUT2D eigenvalue weighted by Gasteiger charge is 2.30. The van der Waals surface area contributed by atoms with Crippen molar-refractivity contribution in [2.45, 2.75) is 6.18 Å². The van der Waals surface area contributed by atoms with Gasteiger partial charge in [0.15, 0.2) is 0 Å². The van der Waals surface area contributed by atoms with E-state index in [0.29, 0.717) is 16.9 Å². The molecule has 102 valence electrons. The largest absolute Gasteiger partial charge is 0.405 e. The number of alkyl halides is 3. The van der Waals surface area contributed by atoms with Crippen LogP contribution in [0.4, 0.5) is 24.9 Å². The van der Waals surface area contributed by atoms with Gasteiger partial charge >= 0.3 is 6.18 Å². The zero-order valence-electron chi connectivity index (χ0n) is 10.5.